The Labute approximate surface area is 173 Å². The van der Waals surface area contributed by atoms with E-state index in [0.717, 1.165) is 19.3 Å². The number of carbonyl (C=O) groups is 2. The number of carbonyl (C=O) groups excluding carboxylic acids is 2. The number of hydrogen-bond donors (Lipinski definition) is 0. The van der Waals surface area contributed by atoms with Gasteiger partial charge in [0.15, 0.2) is 6.10 Å². The first kappa shape index (κ1) is 21.0. The van der Waals surface area contributed by atoms with Crippen LogP contribution in [0.25, 0.3) is 11.8 Å². The Hall–Kier alpha value is -2.67. The molecule has 0 bridgehead atoms. The SMILES string of the molecule is Cc1nn(-c2ccc(F)cc2)c(Cl)c1/C=C/C(=O)O[C@@H](C)C(=O)N1CCCCC1. The van der Waals surface area contributed by atoms with E-state index in [1.54, 1.807) is 30.9 Å². The maximum atomic E-state index is 13.1. The molecule has 1 aliphatic heterocycles. The molecule has 1 aliphatic rings. The van der Waals surface area contributed by atoms with Crippen LogP contribution in [0.3, 0.4) is 0 Å². The zero-order valence-electron chi connectivity index (χ0n) is 16.4. The van der Waals surface area contributed by atoms with E-state index in [1.807, 2.05) is 0 Å². The second-order valence-corrected chi connectivity index (χ2v) is 7.33. The summed E-state index contributed by atoms with van der Waals surface area (Å²) in [6.07, 6.45) is 4.95. The molecule has 6 nitrogen and oxygen atoms in total. The van der Waals surface area contributed by atoms with Gasteiger partial charge in [0.1, 0.15) is 11.0 Å². The first-order chi connectivity index (χ1) is 13.9. The summed E-state index contributed by atoms with van der Waals surface area (Å²) >= 11 is 6.39. The number of halogens is 2. The fourth-order valence-electron chi connectivity index (χ4n) is 3.24. The van der Waals surface area contributed by atoms with Gasteiger partial charge in [0.05, 0.1) is 11.4 Å². The lowest BCUT2D eigenvalue weighted by Gasteiger charge is -2.28. The first-order valence-electron chi connectivity index (χ1n) is 9.55. The number of benzene rings is 1. The Balaban J connectivity index is 1.67. The van der Waals surface area contributed by atoms with Gasteiger partial charge in [-0.2, -0.15) is 5.10 Å². The Bertz CT molecular complexity index is 918. The quantitative estimate of drug-likeness (QED) is 0.544. The van der Waals surface area contributed by atoms with Crippen molar-refractivity contribution in [1.29, 1.82) is 0 Å². The van der Waals surface area contributed by atoms with Gasteiger partial charge in [0.25, 0.3) is 5.91 Å². The molecule has 1 atom stereocenters. The number of aryl methyl sites for hydroxylation is 1. The van der Waals surface area contributed by atoms with E-state index in [-0.39, 0.29) is 16.9 Å². The van der Waals surface area contributed by atoms with Crippen LogP contribution in [0.15, 0.2) is 30.3 Å². The van der Waals surface area contributed by atoms with Crippen molar-refractivity contribution in [3.63, 3.8) is 0 Å². The summed E-state index contributed by atoms with van der Waals surface area (Å²) in [7, 11) is 0. The lowest BCUT2D eigenvalue weighted by atomic mass is 10.1. The number of nitrogens with zero attached hydrogens (tertiary/aromatic N) is 3. The predicted molar refractivity (Wildman–Crippen MR) is 108 cm³/mol. The minimum absolute atomic E-state index is 0.176. The molecule has 2 aromatic rings. The number of rotatable bonds is 5. The van der Waals surface area contributed by atoms with E-state index in [9.17, 15) is 14.0 Å². The van der Waals surface area contributed by atoms with Crippen molar-refractivity contribution in [2.24, 2.45) is 0 Å². The number of piperidine rings is 1. The third-order valence-corrected chi connectivity index (χ3v) is 5.18. The molecule has 29 heavy (non-hydrogen) atoms. The van der Waals surface area contributed by atoms with Gasteiger partial charge in [-0.3, -0.25) is 4.79 Å². The Kier molecular flexibility index (Phi) is 6.69. The van der Waals surface area contributed by atoms with Crippen LogP contribution in [0, 0.1) is 12.7 Å². The van der Waals surface area contributed by atoms with Gasteiger partial charge in [-0.05, 0) is 63.5 Å². The molecule has 154 valence electrons. The fourth-order valence-corrected chi connectivity index (χ4v) is 3.58. The zero-order valence-corrected chi connectivity index (χ0v) is 17.2. The lowest BCUT2D eigenvalue weighted by Crippen LogP contribution is -2.42. The van der Waals surface area contributed by atoms with Crippen LogP contribution in [0.4, 0.5) is 4.39 Å². The van der Waals surface area contributed by atoms with E-state index in [4.69, 9.17) is 16.3 Å². The molecule has 1 aromatic heterocycles. The zero-order chi connectivity index (χ0) is 21.0. The molecule has 1 aromatic carbocycles. The average Bonchev–Trinajstić information content (AvgIpc) is 3.00. The molecular weight excluding hydrogens is 397 g/mol. The number of likely N-dealkylation sites (tertiary alicyclic amines) is 1. The highest BCUT2D eigenvalue weighted by molar-refractivity contribution is 6.31. The highest BCUT2D eigenvalue weighted by Gasteiger charge is 2.24. The number of esters is 1. The van der Waals surface area contributed by atoms with Crippen molar-refractivity contribution in [3.05, 3.63) is 52.6 Å². The van der Waals surface area contributed by atoms with Crippen LogP contribution < -0.4 is 0 Å². The summed E-state index contributed by atoms with van der Waals surface area (Å²) in [5, 5.41) is 4.62. The van der Waals surface area contributed by atoms with Crippen molar-refractivity contribution in [2.75, 3.05) is 13.1 Å². The standard InChI is InChI=1S/C21H23ClFN3O3/c1-14-18(20(22)26(24-14)17-8-6-16(23)7-9-17)10-11-19(27)29-15(2)21(28)25-12-4-3-5-13-25/h6-11,15H,3-5,12-13H2,1-2H3/b11-10+/t15-/m0/s1. The van der Waals surface area contributed by atoms with Crippen molar-refractivity contribution in [3.8, 4) is 5.69 Å². The third-order valence-electron chi connectivity index (χ3n) is 4.81. The number of amides is 1. The van der Waals surface area contributed by atoms with Gasteiger partial charge in [-0.25, -0.2) is 13.9 Å². The minimum atomic E-state index is -0.844. The van der Waals surface area contributed by atoms with E-state index in [1.165, 1.54) is 29.0 Å². The van der Waals surface area contributed by atoms with E-state index in [0.29, 0.717) is 30.0 Å². The number of ether oxygens (including phenoxy) is 1. The summed E-state index contributed by atoms with van der Waals surface area (Å²) in [6.45, 7) is 4.73. The van der Waals surface area contributed by atoms with Gasteiger partial charge in [-0.1, -0.05) is 11.6 Å². The smallest absolute Gasteiger partial charge is 0.331 e. The fraction of sp³-hybridized carbons (Fsp3) is 0.381. The molecule has 1 fully saturated rings. The van der Waals surface area contributed by atoms with Crippen molar-refractivity contribution in [1.82, 2.24) is 14.7 Å². The second kappa shape index (κ2) is 9.22. The first-order valence-corrected chi connectivity index (χ1v) is 9.93. The average molecular weight is 420 g/mol. The van der Waals surface area contributed by atoms with Crippen molar-refractivity contribution in [2.45, 2.75) is 39.2 Å². The van der Waals surface area contributed by atoms with Crippen LogP contribution in [-0.2, 0) is 14.3 Å². The monoisotopic (exact) mass is 419 g/mol. The van der Waals surface area contributed by atoms with Gasteiger partial charge >= 0.3 is 5.97 Å². The second-order valence-electron chi connectivity index (χ2n) is 6.98. The van der Waals surface area contributed by atoms with E-state index < -0.39 is 12.1 Å². The third kappa shape index (κ3) is 5.03. The molecular formula is C21H23ClFN3O3. The molecule has 0 saturated carbocycles. The molecule has 0 radical (unpaired) electrons. The molecule has 0 spiro atoms. The van der Waals surface area contributed by atoms with Gasteiger partial charge in [0, 0.05) is 24.7 Å². The maximum absolute atomic E-state index is 13.1. The number of aromatic nitrogens is 2. The van der Waals surface area contributed by atoms with Gasteiger partial charge < -0.3 is 9.64 Å². The minimum Gasteiger partial charge on any atom is -0.449 e. The Morgan fingerprint density at radius 2 is 1.86 bits per heavy atom. The molecule has 2 heterocycles. The van der Waals surface area contributed by atoms with Gasteiger partial charge in [0.2, 0.25) is 0 Å². The van der Waals surface area contributed by atoms with Crippen LogP contribution >= 0.6 is 11.6 Å². The van der Waals surface area contributed by atoms with Gasteiger partial charge in [-0.15, -0.1) is 0 Å². The largest absolute Gasteiger partial charge is 0.449 e. The molecule has 0 N–H and O–H groups in total. The highest BCUT2D eigenvalue weighted by atomic mass is 35.5. The number of hydrogen-bond acceptors (Lipinski definition) is 4. The summed E-state index contributed by atoms with van der Waals surface area (Å²) in [4.78, 5) is 26.3. The topological polar surface area (TPSA) is 64.4 Å². The molecule has 0 unspecified atom stereocenters. The molecule has 3 rings (SSSR count). The lowest BCUT2D eigenvalue weighted by molar-refractivity contribution is -0.155. The summed E-state index contributed by atoms with van der Waals surface area (Å²) in [5.41, 5.74) is 1.74. The molecule has 1 saturated heterocycles. The van der Waals surface area contributed by atoms with Crippen molar-refractivity contribution < 1.29 is 18.7 Å². The maximum Gasteiger partial charge on any atom is 0.331 e. The predicted octanol–water partition coefficient (Wildman–Crippen LogP) is 3.93. The summed E-state index contributed by atoms with van der Waals surface area (Å²) in [5.74, 6) is -1.16. The van der Waals surface area contributed by atoms with Crippen molar-refractivity contribution >= 4 is 29.6 Å². The van der Waals surface area contributed by atoms with Crippen LogP contribution in [0.5, 0.6) is 0 Å². The summed E-state index contributed by atoms with van der Waals surface area (Å²) in [6, 6.07) is 5.75. The normalized spacial score (nSPS) is 15.5. The Morgan fingerprint density at radius 3 is 2.52 bits per heavy atom. The van der Waals surface area contributed by atoms with Crippen LogP contribution in [-0.4, -0.2) is 45.8 Å². The molecule has 8 heteroatoms. The summed E-state index contributed by atoms with van der Waals surface area (Å²) < 4.78 is 19.8. The van der Waals surface area contributed by atoms with E-state index >= 15 is 0 Å². The van der Waals surface area contributed by atoms with Crippen LogP contribution in [0.1, 0.15) is 37.4 Å². The molecule has 0 aliphatic carbocycles. The van der Waals surface area contributed by atoms with E-state index in [2.05, 4.69) is 5.10 Å². The highest BCUT2D eigenvalue weighted by Crippen LogP contribution is 2.25. The molecule has 1 amide bonds. The van der Waals surface area contributed by atoms with Crippen LogP contribution in [0.2, 0.25) is 5.15 Å². The Morgan fingerprint density at radius 1 is 1.21 bits per heavy atom.